The molecule has 1 fully saturated rings. The zero-order valence-corrected chi connectivity index (χ0v) is 5.12. The molecule has 0 amide bonds. The van der Waals surface area contributed by atoms with E-state index in [1.165, 1.54) is 0 Å². The van der Waals surface area contributed by atoms with E-state index in [-0.39, 0.29) is 12.6 Å². The van der Waals surface area contributed by atoms with Gasteiger partial charge in [-0.05, 0) is 0 Å². The molecule has 0 saturated carbocycles. The number of aliphatic hydroxyl groups excluding tert-OH is 1. The Morgan fingerprint density at radius 3 is 2.89 bits per heavy atom. The summed E-state index contributed by atoms with van der Waals surface area (Å²) in [5.74, 6) is 0. The van der Waals surface area contributed by atoms with E-state index < -0.39 is 6.29 Å². The minimum absolute atomic E-state index is 0.0397. The average Bonchev–Trinajstić information content (AvgIpc) is 2.34. The zero-order chi connectivity index (χ0) is 6.69. The summed E-state index contributed by atoms with van der Waals surface area (Å²) in [6, 6.07) is -0.0397. The fraction of sp³-hybridized carbons (Fsp3) is 0.800. The van der Waals surface area contributed by atoms with Gasteiger partial charge in [0.1, 0.15) is 0 Å². The van der Waals surface area contributed by atoms with Gasteiger partial charge in [0.05, 0.1) is 0 Å². The fourth-order valence-electron chi connectivity index (χ4n) is 0.695. The van der Waals surface area contributed by atoms with Crippen LogP contribution >= 0.6 is 0 Å². The van der Waals surface area contributed by atoms with Gasteiger partial charge in [0.2, 0.25) is 0 Å². The standard InChI is InChI=1S/C5H9BO3/c1-6-4-3-8-5(2-7)9-4/h4-5,7H,1-3H2. The Morgan fingerprint density at radius 2 is 2.56 bits per heavy atom. The first-order chi connectivity index (χ1) is 4.36. The second kappa shape index (κ2) is 3.10. The number of hydrogen-bond acceptors (Lipinski definition) is 3. The van der Waals surface area contributed by atoms with Gasteiger partial charge in [-0.3, -0.25) is 0 Å². The fourth-order valence-corrected chi connectivity index (χ4v) is 0.695. The third-order valence-electron chi connectivity index (χ3n) is 1.18. The molecular weight excluding hydrogens is 119 g/mol. The van der Waals surface area contributed by atoms with Gasteiger partial charge in [-0.25, -0.2) is 0 Å². The second-order valence-electron chi connectivity index (χ2n) is 1.86. The van der Waals surface area contributed by atoms with E-state index in [0.29, 0.717) is 6.61 Å². The minimum atomic E-state index is -0.437. The van der Waals surface area contributed by atoms with E-state index in [1.54, 1.807) is 6.92 Å². The van der Waals surface area contributed by atoms with Crippen LogP contribution in [0.25, 0.3) is 0 Å². The van der Waals surface area contributed by atoms with Crippen LogP contribution in [0.2, 0.25) is 0 Å². The van der Waals surface area contributed by atoms with Crippen LogP contribution in [-0.2, 0) is 9.47 Å². The predicted molar refractivity (Wildman–Crippen MR) is 34.6 cm³/mol. The molecule has 0 bridgehead atoms. The predicted octanol–water partition coefficient (Wildman–Crippen LogP) is -1.19. The molecule has 0 aromatic heterocycles. The number of ether oxygens (including phenoxy) is 2. The van der Waals surface area contributed by atoms with E-state index in [9.17, 15) is 0 Å². The monoisotopic (exact) mass is 128 g/mol. The molecule has 3 nitrogen and oxygen atoms in total. The van der Waals surface area contributed by atoms with Gasteiger partial charge in [0.15, 0.2) is 0 Å². The van der Waals surface area contributed by atoms with Crippen molar-refractivity contribution in [2.45, 2.75) is 12.3 Å². The molecule has 9 heavy (non-hydrogen) atoms. The summed E-state index contributed by atoms with van der Waals surface area (Å²) in [7, 11) is 0. The Labute approximate surface area is 54.5 Å². The van der Waals surface area contributed by atoms with Crippen molar-refractivity contribution in [1.29, 1.82) is 0 Å². The maximum absolute atomic E-state index is 8.50. The molecule has 50 valence electrons. The zero-order valence-electron chi connectivity index (χ0n) is 5.12. The first-order valence-electron chi connectivity index (χ1n) is 2.87. The number of rotatable bonds is 2. The summed E-state index contributed by atoms with van der Waals surface area (Å²) < 4.78 is 10.0. The summed E-state index contributed by atoms with van der Waals surface area (Å²) in [6.45, 7) is 5.62. The quantitative estimate of drug-likeness (QED) is 0.475. The molecule has 0 aromatic rings. The van der Waals surface area contributed by atoms with Gasteiger partial charge in [0, 0.05) is 0 Å². The Kier molecular flexibility index (Phi) is 2.39. The molecule has 0 spiro atoms. The molecule has 0 aromatic carbocycles. The van der Waals surface area contributed by atoms with Gasteiger partial charge in [-0.15, -0.1) is 0 Å². The summed E-state index contributed by atoms with van der Waals surface area (Å²) in [4.78, 5) is 0. The Hall–Kier alpha value is -0.185. The molecular formula is C5H9BO3. The van der Waals surface area contributed by atoms with Crippen LogP contribution in [0.5, 0.6) is 0 Å². The third-order valence-corrected chi connectivity index (χ3v) is 1.18. The summed E-state index contributed by atoms with van der Waals surface area (Å²) in [6.07, 6.45) is -0.437. The molecule has 1 aliphatic rings. The number of aliphatic hydroxyl groups is 1. The molecule has 1 heterocycles. The van der Waals surface area contributed by atoms with Crippen LogP contribution in [0, 0.1) is 0 Å². The van der Waals surface area contributed by atoms with Crippen LogP contribution in [0.4, 0.5) is 0 Å². The van der Waals surface area contributed by atoms with Gasteiger partial charge in [-0.1, -0.05) is 0 Å². The molecule has 1 N–H and O–H groups in total. The van der Waals surface area contributed by atoms with Crippen LogP contribution in [0.1, 0.15) is 0 Å². The van der Waals surface area contributed by atoms with E-state index in [1.807, 2.05) is 0 Å². The SMILES string of the molecule is C=BC1COC(CO)O1. The van der Waals surface area contributed by atoms with Gasteiger partial charge < -0.3 is 0 Å². The molecule has 1 aliphatic heterocycles. The van der Waals surface area contributed by atoms with Crippen molar-refractivity contribution in [2.75, 3.05) is 13.2 Å². The molecule has 1 saturated heterocycles. The van der Waals surface area contributed by atoms with Crippen LogP contribution < -0.4 is 0 Å². The van der Waals surface area contributed by atoms with Crippen molar-refractivity contribution >= 4 is 13.4 Å². The first-order valence-corrected chi connectivity index (χ1v) is 2.87. The summed E-state index contributed by atoms with van der Waals surface area (Å²) >= 11 is 0. The average molecular weight is 128 g/mol. The molecule has 2 atom stereocenters. The van der Waals surface area contributed by atoms with Gasteiger partial charge in [0.25, 0.3) is 0 Å². The topological polar surface area (TPSA) is 38.7 Å². The number of hydrogen-bond donors (Lipinski definition) is 1. The van der Waals surface area contributed by atoms with Crippen LogP contribution in [0.15, 0.2) is 0 Å². The summed E-state index contributed by atoms with van der Waals surface area (Å²) in [5.41, 5.74) is 0. The molecule has 2 unspecified atom stereocenters. The second-order valence-corrected chi connectivity index (χ2v) is 1.86. The van der Waals surface area contributed by atoms with E-state index in [4.69, 9.17) is 14.6 Å². The summed E-state index contributed by atoms with van der Waals surface area (Å²) in [5, 5.41) is 8.50. The molecule has 0 radical (unpaired) electrons. The van der Waals surface area contributed by atoms with E-state index in [0.717, 1.165) is 0 Å². The Balaban J connectivity index is 2.28. The van der Waals surface area contributed by atoms with Crippen LogP contribution in [0.3, 0.4) is 0 Å². The van der Waals surface area contributed by atoms with Gasteiger partial charge in [-0.2, -0.15) is 0 Å². The Bertz CT molecular complexity index is 106. The van der Waals surface area contributed by atoms with Crippen molar-refractivity contribution < 1.29 is 14.6 Å². The van der Waals surface area contributed by atoms with Crippen LogP contribution in [-0.4, -0.2) is 44.0 Å². The van der Waals surface area contributed by atoms with Gasteiger partial charge >= 0.3 is 53.5 Å². The van der Waals surface area contributed by atoms with Crippen molar-refractivity contribution in [1.82, 2.24) is 0 Å². The molecule has 1 rings (SSSR count). The van der Waals surface area contributed by atoms with Crippen molar-refractivity contribution in [3.8, 4) is 0 Å². The Morgan fingerprint density at radius 1 is 1.78 bits per heavy atom. The van der Waals surface area contributed by atoms with E-state index >= 15 is 0 Å². The third kappa shape index (κ3) is 1.61. The first kappa shape index (κ1) is 6.93. The van der Waals surface area contributed by atoms with Crippen molar-refractivity contribution in [3.05, 3.63) is 0 Å². The molecule has 4 heteroatoms. The van der Waals surface area contributed by atoms with Crippen molar-refractivity contribution in [3.63, 3.8) is 0 Å². The molecule has 0 aliphatic carbocycles. The normalized spacial score (nSPS) is 34.3. The van der Waals surface area contributed by atoms with Crippen molar-refractivity contribution in [2.24, 2.45) is 0 Å². The van der Waals surface area contributed by atoms with E-state index in [2.05, 4.69) is 6.47 Å². The maximum atomic E-state index is 8.50.